The first-order valence-electron chi connectivity index (χ1n) is 9.74. The molecule has 2 heterocycles. The molecule has 0 fully saturated rings. The van der Waals surface area contributed by atoms with Gasteiger partial charge in [-0.1, -0.05) is 59.2 Å². The highest BCUT2D eigenvalue weighted by Crippen LogP contribution is 2.26. The third-order valence-electron chi connectivity index (χ3n) is 4.57. The van der Waals surface area contributed by atoms with Crippen LogP contribution in [-0.2, 0) is 12.2 Å². The van der Waals surface area contributed by atoms with Crippen LogP contribution in [0.3, 0.4) is 0 Å². The van der Waals surface area contributed by atoms with E-state index in [-0.39, 0.29) is 11.6 Å². The van der Waals surface area contributed by atoms with Crippen LogP contribution in [0.2, 0.25) is 10.0 Å². The minimum absolute atomic E-state index is 0.198. The van der Waals surface area contributed by atoms with Crippen LogP contribution in [0.4, 0.5) is 5.69 Å². The van der Waals surface area contributed by atoms with Crippen molar-refractivity contribution in [2.45, 2.75) is 24.3 Å². The number of aromatic nitrogens is 5. The molecule has 2 aromatic carbocycles. The monoisotopic (exact) mass is 484 g/mol. The van der Waals surface area contributed by atoms with E-state index in [0.717, 1.165) is 6.42 Å². The van der Waals surface area contributed by atoms with Gasteiger partial charge in [-0.3, -0.25) is 4.79 Å². The zero-order valence-electron chi connectivity index (χ0n) is 17.0. The molecule has 0 spiro atoms. The number of anilines is 1. The third-order valence-corrected chi connectivity index (χ3v) is 5.89. The molecule has 0 atom stereocenters. The maximum Gasteiger partial charge on any atom is 0.278 e. The predicted molar refractivity (Wildman–Crippen MR) is 127 cm³/mol. The van der Waals surface area contributed by atoms with Gasteiger partial charge in [-0.05, 0) is 48.4 Å². The van der Waals surface area contributed by atoms with Crippen molar-refractivity contribution in [1.29, 1.82) is 0 Å². The lowest BCUT2D eigenvalue weighted by atomic mass is 10.1. The number of carbonyl (C=O) groups is 1. The quantitative estimate of drug-likeness (QED) is 0.276. The Bertz CT molecular complexity index is 1210. The molecule has 162 valence electrons. The van der Waals surface area contributed by atoms with Gasteiger partial charge in [-0.25, -0.2) is 14.6 Å². The summed E-state index contributed by atoms with van der Waals surface area (Å²) >= 11 is 13.7. The van der Waals surface area contributed by atoms with Crippen molar-refractivity contribution in [2.24, 2.45) is 0 Å². The lowest BCUT2D eigenvalue weighted by molar-refractivity contribution is 0.102. The van der Waals surface area contributed by atoms with Gasteiger partial charge in [0.25, 0.3) is 5.91 Å². The molecule has 4 aromatic rings. The van der Waals surface area contributed by atoms with E-state index in [4.69, 9.17) is 23.2 Å². The van der Waals surface area contributed by atoms with Crippen LogP contribution in [0.25, 0.3) is 5.69 Å². The highest BCUT2D eigenvalue weighted by atomic mass is 35.5. The first kappa shape index (κ1) is 22.3. The van der Waals surface area contributed by atoms with E-state index in [9.17, 15) is 4.79 Å². The Kier molecular flexibility index (Phi) is 7.04. The molecule has 1 N–H and O–H groups in total. The number of hydrogen-bond acceptors (Lipinski definition) is 6. The number of hydrogen-bond donors (Lipinski definition) is 1. The Labute approximate surface area is 199 Å². The average molecular weight is 485 g/mol. The predicted octanol–water partition coefficient (Wildman–Crippen LogP) is 5.47. The van der Waals surface area contributed by atoms with Crippen molar-refractivity contribution in [2.75, 3.05) is 5.32 Å². The van der Waals surface area contributed by atoms with Gasteiger partial charge in [0.05, 0.1) is 11.4 Å². The van der Waals surface area contributed by atoms with E-state index >= 15 is 0 Å². The Morgan fingerprint density at radius 2 is 1.75 bits per heavy atom. The van der Waals surface area contributed by atoms with E-state index in [0.29, 0.717) is 38.0 Å². The number of thioether (sulfide) groups is 1. The first-order valence-corrected chi connectivity index (χ1v) is 11.5. The molecular weight excluding hydrogens is 467 g/mol. The summed E-state index contributed by atoms with van der Waals surface area (Å²) in [6.45, 7) is 2.08. The maximum absolute atomic E-state index is 13.1. The highest BCUT2D eigenvalue weighted by Gasteiger charge is 2.22. The molecule has 32 heavy (non-hydrogen) atoms. The number of carbonyl (C=O) groups excluding carboxylic acids is 1. The number of rotatable bonds is 7. The molecule has 0 unspecified atom stereocenters. The van der Waals surface area contributed by atoms with Crippen molar-refractivity contribution < 1.29 is 4.79 Å². The van der Waals surface area contributed by atoms with Crippen LogP contribution < -0.4 is 5.32 Å². The molecule has 0 aliphatic heterocycles. The van der Waals surface area contributed by atoms with Gasteiger partial charge in [-0.2, -0.15) is 0 Å². The number of nitrogens with zero attached hydrogens (tertiary/aromatic N) is 5. The molecule has 0 saturated heterocycles. The molecule has 0 saturated carbocycles. The smallest absolute Gasteiger partial charge is 0.278 e. The number of nitrogens with one attached hydrogen (secondary N) is 1. The minimum atomic E-state index is -0.363. The van der Waals surface area contributed by atoms with E-state index in [2.05, 4.69) is 32.5 Å². The summed E-state index contributed by atoms with van der Waals surface area (Å²) in [7, 11) is 0. The minimum Gasteiger partial charge on any atom is -0.321 e. The maximum atomic E-state index is 13.1. The number of benzene rings is 2. The number of halogens is 2. The third kappa shape index (κ3) is 5.27. The Morgan fingerprint density at radius 3 is 2.41 bits per heavy atom. The normalized spacial score (nSPS) is 10.8. The molecular formula is C22H18Cl2N6OS. The fourth-order valence-corrected chi connectivity index (χ4v) is 4.29. The van der Waals surface area contributed by atoms with E-state index in [1.54, 1.807) is 41.3 Å². The number of amides is 1. The van der Waals surface area contributed by atoms with Crippen LogP contribution in [0.5, 0.6) is 0 Å². The van der Waals surface area contributed by atoms with Crippen LogP contribution in [-0.4, -0.2) is 30.9 Å². The fraction of sp³-hybridized carbons (Fsp3) is 0.136. The molecule has 0 radical (unpaired) electrons. The largest absolute Gasteiger partial charge is 0.321 e. The SMILES string of the molecule is CCc1ccc(NC(=O)c2nnn(-c3cc(Cl)cc(Cl)c3)c2CSc2ncccn2)cc1. The molecule has 4 rings (SSSR count). The summed E-state index contributed by atoms with van der Waals surface area (Å²) in [5.74, 6) is -0.00298. The van der Waals surface area contributed by atoms with Crippen LogP contribution in [0.15, 0.2) is 66.1 Å². The van der Waals surface area contributed by atoms with Gasteiger partial charge in [-0.15, -0.1) is 5.10 Å². The summed E-state index contributed by atoms with van der Waals surface area (Å²) < 4.78 is 1.56. The summed E-state index contributed by atoms with van der Waals surface area (Å²) in [6.07, 6.45) is 4.25. The van der Waals surface area contributed by atoms with Gasteiger partial charge >= 0.3 is 0 Å². The van der Waals surface area contributed by atoms with Gasteiger partial charge in [0.15, 0.2) is 10.9 Å². The highest BCUT2D eigenvalue weighted by molar-refractivity contribution is 7.98. The summed E-state index contributed by atoms with van der Waals surface area (Å²) in [5.41, 5.74) is 3.24. The standard InChI is InChI=1S/C22H18Cl2N6OS/c1-2-14-4-6-17(7-5-14)27-21(31)20-19(13-32-22-25-8-3-9-26-22)30(29-28-20)18-11-15(23)10-16(24)12-18/h3-12H,2,13H2,1H3,(H,27,31). The Morgan fingerprint density at radius 1 is 1.06 bits per heavy atom. The molecule has 10 heteroatoms. The Balaban J connectivity index is 1.67. The van der Waals surface area contributed by atoms with Crippen molar-refractivity contribution in [3.8, 4) is 5.69 Å². The molecule has 0 aliphatic rings. The molecule has 0 bridgehead atoms. The second-order valence-electron chi connectivity index (χ2n) is 6.75. The summed E-state index contributed by atoms with van der Waals surface area (Å²) in [6, 6.07) is 14.5. The molecule has 0 aliphatic carbocycles. The summed E-state index contributed by atoms with van der Waals surface area (Å²) in [4.78, 5) is 21.5. The molecule has 2 aromatic heterocycles. The van der Waals surface area contributed by atoms with E-state index in [1.165, 1.54) is 17.3 Å². The van der Waals surface area contributed by atoms with Gasteiger partial charge in [0, 0.05) is 33.9 Å². The van der Waals surface area contributed by atoms with Gasteiger partial charge < -0.3 is 5.32 Å². The topological polar surface area (TPSA) is 85.6 Å². The van der Waals surface area contributed by atoms with Gasteiger partial charge in [0.1, 0.15) is 0 Å². The van der Waals surface area contributed by atoms with Crippen molar-refractivity contribution in [1.82, 2.24) is 25.0 Å². The summed E-state index contributed by atoms with van der Waals surface area (Å²) in [5, 5.41) is 12.7. The van der Waals surface area contributed by atoms with Crippen molar-refractivity contribution in [3.63, 3.8) is 0 Å². The van der Waals surface area contributed by atoms with Crippen molar-refractivity contribution >= 4 is 46.6 Å². The first-order chi connectivity index (χ1) is 15.5. The second kappa shape index (κ2) is 10.1. The zero-order chi connectivity index (χ0) is 22.5. The average Bonchev–Trinajstić information content (AvgIpc) is 3.22. The lowest BCUT2D eigenvalue weighted by Crippen LogP contribution is -2.15. The van der Waals surface area contributed by atoms with Crippen LogP contribution in [0, 0.1) is 0 Å². The van der Waals surface area contributed by atoms with Crippen LogP contribution >= 0.6 is 35.0 Å². The van der Waals surface area contributed by atoms with E-state index < -0.39 is 0 Å². The lowest BCUT2D eigenvalue weighted by Gasteiger charge is -2.09. The van der Waals surface area contributed by atoms with Gasteiger partial charge in [0.2, 0.25) is 0 Å². The Hall–Kier alpha value is -2.94. The molecule has 7 nitrogen and oxygen atoms in total. The number of aryl methyl sites for hydroxylation is 1. The zero-order valence-corrected chi connectivity index (χ0v) is 19.3. The van der Waals surface area contributed by atoms with Crippen molar-refractivity contribution in [3.05, 3.63) is 87.9 Å². The van der Waals surface area contributed by atoms with E-state index in [1.807, 2.05) is 24.3 Å². The van der Waals surface area contributed by atoms with Crippen LogP contribution in [0.1, 0.15) is 28.7 Å². The second-order valence-corrected chi connectivity index (χ2v) is 8.56. The molecule has 1 amide bonds. The fourth-order valence-electron chi connectivity index (χ4n) is 2.98.